The third-order valence-electron chi connectivity index (χ3n) is 2.39. The van der Waals surface area contributed by atoms with Crippen LogP contribution >= 0.6 is 0 Å². The van der Waals surface area contributed by atoms with Crippen molar-refractivity contribution in [3.05, 3.63) is 0 Å². The Morgan fingerprint density at radius 1 is 1.08 bits per heavy atom. The first-order valence-corrected chi connectivity index (χ1v) is 5.39. The molecular weight excluding hydrogens is 148 g/mol. The lowest BCUT2D eigenvalue weighted by Crippen LogP contribution is -1.95. The highest BCUT2D eigenvalue weighted by Crippen LogP contribution is 2.11. The number of ether oxygens (including phenoxy) is 1. The van der Waals surface area contributed by atoms with E-state index in [-0.39, 0.29) is 0 Å². The number of rotatable bonds is 8. The smallest absolute Gasteiger partial charge is 0.0465 e. The first kappa shape index (κ1) is 12.0. The van der Waals surface area contributed by atoms with Gasteiger partial charge in [0.2, 0.25) is 0 Å². The van der Waals surface area contributed by atoms with Crippen LogP contribution in [-0.2, 0) is 4.74 Å². The van der Waals surface area contributed by atoms with Gasteiger partial charge in [0.15, 0.2) is 0 Å². The number of hydrogen-bond donors (Lipinski definition) is 0. The van der Waals surface area contributed by atoms with Gasteiger partial charge in [0.25, 0.3) is 0 Å². The maximum Gasteiger partial charge on any atom is 0.0465 e. The molecule has 0 amide bonds. The van der Waals surface area contributed by atoms with Crippen molar-refractivity contribution in [3.63, 3.8) is 0 Å². The van der Waals surface area contributed by atoms with Crippen LogP contribution in [0.1, 0.15) is 52.9 Å². The van der Waals surface area contributed by atoms with Crippen LogP contribution in [0.25, 0.3) is 0 Å². The summed E-state index contributed by atoms with van der Waals surface area (Å²) in [5.74, 6) is 0.914. The summed E-state index contributed by atoms with van der Waals surface area (Å²) in [4.78, 5) is 0. The normalized spacial score (nSPS) is 13.2. The van der Waals surface area contributed by atoms with E-state index in [4.69, 9.17) is 4.74 Å². The van der Waals surface area contributed by atoms with Crippen molar-refractivity contribution in [1.82, 2.24) is 0 Å². The van der Waals surface area contributed by atoms with Crippen molar-refractivity contribution in [2.75, 3.05) is 13.2 Å². The molecular formula is C11H24O. The van der Waals surface area contributed by atoms with E-state index in [9.17, 15) is 0 Å². The van der Waals surface area contributed by atoms with Gasteiger partial charge in [-0.1, -0.05) is 39.5 Å². The second-order valence-electron chi connectivity index (χ2n) is 3.56. The quantitative estimate of drug-likeness (QED) is 0.508. The summed E-state index contributed by atoms with van der Waals surface area (Å²) in [6.45, 7) is 8.48. The Labute approximate surface area is 77.5 Å². The topological polar surface area (TPSA) is 9.23 Å². The second-order valence-corrected chi connectivity index (χ2v) is 3.56. The molecule has 0 aromatic rings. The molecule has 0 rings (SSSR count). The van der Waals surface area contributed by atoms with E-state index in [1.807, 2.05) is 0 Å². The predicted molar refractivity (Wildman–Crippen MR) is 54.4 cm³/mol. The Balaban J connectivity index is 2.90. The zero-order valence-electron chi connectivity index (χ0n) is 8.94. The number of unbranched alkanes of at least 4 members (excludes halogenated alkanes) is 2. The first-order chi connectivity index (χ1) is 5.81. The fourth-order valence-electron chi connectivity index (χ4n) is 1.22. The molecule has 1 heteroatoms. The molecule has 0 heterocycles. The molecule has 0 fully saturated rings. The van der Waals surface area contributed by atoms with Crippen molar-refractivity contribution in [3.8, 4) is 0 Å². The van der Waals surface area contributed by atoms with Crippen molar-refractivity contribution in [2.45, 2.75) is 52.9 Å². The second kappa shape index (κ2) is 9.05. The van der Waals surface area contributed by atoms with Gasteiger partial charge in [-0.05, 0) is 19.3 Å². The van der Waals surface area contributed by atoms with Gasteiger partial charge in [0.05, 0.1) is 0 Å². The molecule has 1 unspecified atom stereocenters. The zero-order chi connectivity index (χ0) is 9.23. The Morgan fingerprint density at radius 3 is 2.42 bits per heavy atom. The van der Waals surface area contributed by atoms with Crippen LogP contribution in [0, 0.1) is 5.92 Å². The molecule has 1 atom stereocenters. The van der Waals surface area contributed by atoms with Crippen LogP contribution in [0.4, 0.5) is 0 Å². The summed E-state index contributed by atoms with van der Waals surface area (Å²) in [6.07, 6.45) is 6.67. The third-order valence-corrected chi connectivity index (χ3v) is 2.39. The van der Waals surface area contributed by atoms with E-state index in [1.54, 1.807) is 0 Å². The molecule has 0 bridgehead atoms. The Hall–Kier alpha value is -0.0400. The Bertz CT molecular complexity index is 81.1. The standard InChI is InChI=1S/C11H24O/c1-4-11(3)9-7-6-8-10-12-5-2/h11H,4-10H2,1-3H3. The lowest BCUT2D eigenvalue weighted by Gasteiger charge is -2.07. The van der Waals surface area contributed by atoms with Crippen LogP contribution in [0.2, 0.25) is 0 Å². The minimum absolute atomic E-state index is 0.866. The van der Waals surface area contributed by atoms with Gasteiger partial charge < -0.3 is 4.74 Å². The minimum Gasteiger partial charge on any atom is -0.382 e. The van der Waals surface area contributed by atoms with E-state index in [2.05, 4.69) is 20.8 Å². The fourth-order valence-corrected chi connectivity index (χ4v) is 1.22. The summed E-state index contributed by atoms with van der Waals surface area (Å²) >= 11 is 0. The first-order valence-electron chi connectivity index (χ1n) is 5.39. The van der Waals surface area contributed by atoms with Gasteiger partial charge >= 0.3 is 0 Å². The summed E-state index contributed by atoms with van der Waals surface area (Å²) in [6, 6.07) is 0. The molecule has 0 aliphatic carbocycles. The highest BCUT2D eigenvalue weighted by Gasteiger charge is 1.97. The van der Waals surface area contributed by atoms with E-state index in [1.165, 1.54) is 32.1 Å². The summed E-state index contributed by atoms with van der Waals surface area (Å²) < 4.78 is 5.27. The molecule has 0 radical (unpaired) electrons. The molecule has 0 saturated heterocycles. The Morgan fingerprint density at radius 2 is 1.83 bits per heavy atom. The zero-order valence-corrected chi connectivity index (χ0v) is 8.94. The van der Waals surface area contributed by atoms with Crippen molar-refractivity contribution >= 4 is 0 Å². The molecule has 12 heavy (non-hydrogen) atoms. The van der Waals surface area contributed by atoms with Crippen LogP contribution < -0.4 is 0 Å². The molecule has 0 aromatic carbocycles. The predicted octanol–water partition coefficient (Wildman–Crippen LogP) is 3.63. The van der Waals surface area contributed by atoms with Gasteiger partial charge in [-0.15, -0.1) is 0 Å². The molecule has 0 N–H and O–H groups in total. The molecule has 0 saturated carbocycles. The van der Waals surface area contributed by atoms with Crippen LogP contribution in [0.15, 0.2) is 0 Å². The molecule has 0 aliphatic rings. The van der Waals surface area contributed by atoms with E-state index in [0.29, 0.717) is 0 Å². The summed E-state index contributed by atoms with van der Waals surface area (Å²) in [5.41, 5.74) is 0. The summed E-state index contributed by atoms with van der Waals surface area (Å²) in [5, 5.41) is 0. The SMILES string of the molecule is CCOCCCCCC(C)CC. The lowest BCUT2D eigenvalue weighted by molar-refractivity contribution is 0.142. The average Bonchev–Trinajstić information content (AvgIpc) is 2.10. The summed E-state index contributed by atoms with van der Waals surface area (Å²) in [7, 11) is 0. The fraction of sp³-hybridized carbons (Fsp3) is 1.00. The van der Waals surface area contributed by atoms with Gasteiger partial charge in [0.1, 0.15) is 0 Å². The largest absolute Gasteiger partial charge is 0.382 e. The van der Waals surface area contributed by atoms with Gasteiger partial charge in [-0.3, -0.25) is 0 Å². The maximum atomic E-state index is 5.27. The van der Waals surface area contributed by atoms with E-state index < -0.39 is 0 Å². The van der Waals surface area contributed by atoms with Crippen LogP contribution in [0.3, 0.4) is 0 Å². The molecule has 74 valence electrons. The van der Waals surface area contributed by atoms with E-state index >= 15 is 0 Å². The van der Waals surface area contributed by atoms with Crippen molar-refractivity contribution in [2.24, 2.45) is 5.92 Å². The van der Waals surface area contributed by atoms with E-state index in [0.717, 1.165) is 19.1 Å². The monoisotopic (exact) mass is 172 g/mol. The van der Waals surface area contributed by atoms with Crippen molar-refractivity contribution < 1.29 is 4.74 Å². The van der Waals surface area contributed by atoms with Crippen LogP contribution in [0.5, 0.6) is 0 Å². The molecule has 1 nitrogen and oxygen atoms in total. The minimum atomic E-state index is 0.866. The molecule has 0 aromatic heterocycles. The Kier molecular flexibility index (Phi) is 9.02. The third kappa shape index (κ3) is 8.06. The maximum absolute atomic E-state index is 5.27. The average molecular weight is 172 g/mol. The van der Waals surface area contributed by atoms with Gasteiger partial charge in [0, 0.05) is 13.2 Å². The molecule has 0 aliphatic heterocycles. The van der Waals surface area contributed by atoms with Gasteiger partial charge in [-0.2, -0.15) is 0 Å². The highest BCUT2D eigenvalue weighted by molar-refractivity contribution is 4.50. The molecule has 0 spiro atoms. The van der Waals surface area contributed by atoms with Crippen molar-refractivity contribution in [1.29, 1.82) is 0 Å². The lowest BCUT2D eigenvalue weighted by atomic mass is 10.0. The number of hydrogen-bond acceptors (Lipinski definition) is 1. The van der Waals surface area contributed by atoms with Gasteiger partial charge in [-0.25, -0.2) is 0 Å². The van der Waals surface area contributed by atoms with Crippen LogP contribution in [-0.4, -0.2) is 13.2 Å². The highest BCUT2D eigenvalue weighted by atomic mass is 16.5.